The molecule has 0 saturated carbocycles. The highest BCUT2D eigenvalue weighted by Crippen LogP contribution is 2.25. The number of anilines is 1. The van der Waals surface area contributed by atoms with Crippen molar-refractivity contribution in [3.05, 3.63) is 46.9 Å². The molecule has 0 bridgehead atoms. The fourth-order valence-corrected chi connectivity index (χ4v) is 2.40. The van der Waals surface area contributed by atoms with Gasteiger partial charge in [-0.05, 0) is 12.1 Å². The number of halogens is 2. The van der Waals surface area contributed by atoms with Crippen molar-refractivity contribution in [3.63, 3.8) is 0 Å². The van der Waals surface area contributed by atoms with Gasteiger partial charge in [-0.25, -0.2) is 4.39 Å². The molecule has 1 aliphatic rings. The van der Waals surface area contributed by atoms with Crippen LogP contribution in [0.1, 0.15) is 12.0 Å². The Morgan fingerprint density at radius 3 is 3.00 bits per heavy atom. The van der Waals surface area contributed by atoms with Crippen molar-refractivity contribution < 1.29 is 14.0 Å². The van der Waals surface area contributed by atoms with Crippen LogP contribution in [0, 0.1) is 5.82 Å². The van der Waals surface area contributed by atoms with Gasteiger partial charge in [-0.15, -0.1) is 0 Å². The van der Waals surface area contributed by atoms with Gasteiger partial charge in [0.15, 0.2) is 5.82 Å². The highest BCUT2D eigenvalue weighted by atomic mass is 35.5. The number of benzene rings is 1. The molecule has 0 radical (unpaired) electrons. The quantitative estimate of drug-likeness (QED) is 0.943. The van der Waals surface area contributed by atoms with E-state index in [2.05, 4.69) is 15.6 Å². The lowest BCUT2D eigenvalue weighted by atomic mass is 10.0. The van der Waals surface area contributed by atoms with E-state index in [1.807, 2.05) is 0 Å². The minimum atomic E-state index is -0.840. The molecule has 0 spiro atoms. The molecule has 1 N–H and O–H groups in total. The van der Waals surface area contributed by atoms with Crippen molar-refractivity contribution >= 4 is 29.0 Å². The molecular formula is C14H12ClFN4O2. The SMILES string of the molecule is Cn1ccc(NC(=O)C2CC(c3c(F)cccc3Cl)=NO2)n1. The third-order valence-electron chi connectivity index (χ3n) is 3.18. The van der Waals surface area contributed by atoms with Crippen LogP contribution < -0.4 is 5.32 Å². The van der Waals surface area contributed by atoms with E-state index in [-0.39, 0.29) is 17.0 Å². The predicted molar refractivity (Wildman–Crippen MR) is 79.3 cm³/mol. The summed E-state index contributed by atoms with van der Waals surface area (Å²) in [6.07, 6.45) is 0.999. The molecule has 1 aromatic carbocycles. The Hall–Kier alpha value is -2.41. The van der Waals surface area contributed by atoms with Gasteiger partial charge in [0.2, 0.25) is 6.10 Å². The van der Waals surface area contributed by atoms with E-state index in [9.17, 15) is 9.18 Å². The van der Waals surface area contributed by atoms with Crippen LogP contribution in [0.5, 0.6) is 0 Å². The number of aryl methyl sites for hydroxylation is 1. The first-order valence-electron chi connectivity index (χ1n) is 6.52. The number of hydrogen-bond acceptors (Lipinski definition) is 4. The number of nitrogens with zero attached hydrogens (tertiary/aromatic N) is 3. The van der Waals surface area contributed by atoms with Gasteiger partial charge in [-0.2, -0.15) is 5.10 Å². The highest BCUT2D eigenvalue weighted by Gasteiger charge is 2.31. The van der Waals surface area contributed by atoms with Crippen LogP contribution in [0.2, 0.25) is 5.02 Å². The second-order valence-corrected chi connectivity index (χ2v) is 5.20. The monoisotopic (exact) mass is 322 g/mol. The molecule has 0 saturated heterocycles. The second kappa shape index (κ2) is 5.76. The molecule has 1 aliphatic heterocycles. The number of aromatic nitrogens is 2. The van der Waals surface area contributed by atoms with Gasteiger partial charge < -0.3 is 10.2 Å². The van der Waals surface area contributed by atoms with Crippen molar-refractivity contribution in [2.45, 2.75) is 12.5 Å². The van der Waals surface area contributed by atoms with E-state index < -0.39 is 17.8 Å². The molecule has 1 amide bonds. The van der Waals surface area contributed by atoms with E-state index >= 15 is 0 Å². The number of amides is 1. The molecule has 1 unspecified atom stereocenters. The van der Waals surface area contributed by atoms with Gasteiger partial charge in [0, 0.05) is 25.7 Å². The summed E-state index contributed by atoms with van der Waals surface area (Å²) < 4.78 is 15.4. The van der Waals surface area contributed by atoms with E-state index in [1.54, 1.807) is 30.1 Å². The first-order valence-corrected chi connectivity index (χ1v) is 6.90. The van der Waals surface area contributed by atoms with Crippen LogP contribution in [-0.2, 0) is 16.7 Å². The minimum absolute atomic E-state index is 0.138. The molecule has 0 fully saturated rings. The summed E-state index contributed by atoms with van der Waals surface area (Å²) in [7, 11) is 1.74. The average molecular weight is 323 g/mol. The van der Waals surface area contributed by atoms with Gasteiger partial charge in [-0.1, -0.05) is 22.8 Å². The van der Waals surface area contributed by atoms with Crippen molar-refractivity contribution in [2.24, 2.45) is 12.2 Å². The minimum Gasteiger partial charge on any atom is -0.382 e. The number of rotatable bonds is 3. The molecule has 114 valence electrons. The van der Waals surface area contributed by atoms with Gasteiger partial charge in [0.05, 0.1) is 16.3 Å². The number of nitrogens with one attached hydrogen (secondary N) is 1. The Kier molecular flexibility index (Phi) is 3.81. The maximum Gasteiger partial charge on any atom is 0.269 e. The van der Waals surface area contributed by atoms with E-state index in [0.717, 1.165) is 0 Å². The maximum atomic E-state index is 13.8. The van der Waals surface area contributed by atoms with Crippen molar-refractivity contribution in [1.82, 2.24) is 9.78 Å². The lowest BCUT2D eigenvalue weighted by Gasteiger charge is -2.07. The van der Waals surface area contributed by atoms with Gasteiger partial charge >= 0.3 is 0 Å². The Morgan fingerprint density at radius 1 is 1.50 bits per heavy atom. The third-order valence-corrected chi connectivity index (χ3v) is 3.49. The largest absolute Gasteiger partial charge is 0.382 e. The Labute approximate surface area is 130 Å². The standard InChI is InChI=1S/C14H12ClFN4O2/c1-20-6-5-12(18-20)17-14(21)11-7-10(19-22-11)13-8(15)3-2-4-9(13)16/h2-6,11H,7H2,1H3,(H,17,18,21). The number of hydrogen-bond donors (Lipinski definition) is 1. The molecule has 22 heavy (non-hydrogen) atoms. The van der Waals surface area contributed by atoms with Gasteiger partial charge in [0.25, 0.3) is 5.91 Å². The van der Waals surface area contributed by atoms with E-state index in [1.165, 1.54) is 12.1 Å². The summed E-state index contributed by atoms with van der Waals surface area (Å²) in [6, 6.07) is 6.00. The average Bonchev–Trinajstić information content (AvgIpc) is 3.08. The zero-order chi connectivity index (χ0) is 15.7. The molecule has 0 aliphatic carbocycles. The van der Waals surface area contributed by atoms with Crippen molar-refractivity contribution in [3.8, 4) is 0 Å². The fraction of sp³-hybridized carbons (Fsp3) is 0.214. The zero-order valence-corrected chi connectivity index (χ0v) is 12.3. The number of carbonyl (C=O) groups excluding carboxylic acids is 1. The summed E-state index contributed by atoms with van der Waals surface area (Å²) >= 11 is 5.98. The Morgan fingerprint density at radius 2 is 2.32 bits per heavy atom. The highest BCUT2D eigenvalue weighted by molar-refractivity contribution is 6.34. The van der Waals surface area contributed by atoms with Crippen molar-refractivity contribution in [1.29, 1.82) is 0 Å². The summed E-state index contributed by atoms with van der Waals surface area (Å²) in [5.41, 5.74) is 0.474. The molecule has 2 heterocycles. The van der Waals surface area contributed by atoms with Crippen LogP contribution in [0.4, 0.5) is 10.2 Å². The molecule has 6 nitrogen and oxygen atoms in total. The molecule has 3 rings (SSSR count). The molecule has 1 atom stereocenters. The topological polar surface area (TPSA) is 68.5 Å². The van der Waals surface area contributed by atoms with Crippen molar-refractivity contribution in [2.75, 3.05) is 5.32 Å². The van der Waals surface area contributed by atoms with Gasteiger partial charge in [0.1, 0.15) is 5.82 Å². The van der Waals surface area contributed by atoms with Crippen LogP contribution in [0.15, 0.2) is 35.6 Å². The first kappa shape index (κ1) is 14.5. The molecular weight excluding hydrogens is 311 g/mol. The molecule has 8 heteroatoms. The lowest BCUT2D eigenvalue weighted by Crippen LogP contribution is -2.28. The van der Waals surface area contributed by atoms with Crippen LogP contribution in [-0.4, -0.2) is 27.5 Å². The summed E-state index contributed by atoms with van der Waals surface area (Å²) in [4.78, 5) is 17.2. The van der Waals surface area contributed by atoms with Gasteiger partial charge in [-0.3, -0.25) is 9.48 Å². The summed E-state index contributed by atoms with van der Waals surface area (Å²) in [5, 5.41) is 10.7. The summed E-state index contributed by atoms with van der Waals surface area (Å²) in [5.74, 6) is -0.487. The zero-order valence-electron chi connectivity index (χ0n) is 11.6. The molecule has 1 aromatic heterocycles. The first-order chi connectivity index (χ1) is 10.5. The normalized spacial score (nSPS) is 17.0. The fourth-order valence-electron chi connectivity index (χ4n) is 2.13. The van der Waals surface area contributed by atoms with E-state index in [0.29, 0.717) is 11.5 Å². The maximum absolute atomic E-state index is 13.8. The molecule has 2 aromatic rings. The Bertz CT molecular complexity index is 739. The summed E-state index contributed by atoms with van der Waals surface area (Å²) in [6.45, 7) is 0. The lowest BCUT2D eigenvalue weighted by molar-refractivity contribution is -0.125. The Balaban J connectivity index is 1.70. The van der Waals surface area contributed by atoms with Crippen LogP contribution in [0.3, 0.4) is 0 Å². The third kappa shape index (κ3) is 2.80. The number of oxime groups is 1. The van der Waals surface area contributed by atoms with Crippen LogP contribution >= 0.6 is 11.6 Å². The second-order valence-electron chi connectivity index (χ2n) is 4.80. The van der Waals surface area contributed by atoms with E-state index in [4.69, 9.17) is 16.4 Å². The smallest absolute Gasteiger partial charge is 0.269 e. The predicted octanol–water partition coefficient (Wildman–Crippen LogP) is 2.34. The number of carbonyl (C=O) groups is 1. The van der Waals surface area contributed by atoms with Crippen LogP contribution in [0.25, 0.3) is 0 Å².